The molecule has 1 aromatic heterocycles. The van der Waals surface area contributed by atoms with E-state index in [2.05, 4.69) is 4.98 Å². The van der Waals surface area contributed by atoms with E-state index in [4.69, 9.17) is 5.73 Å². The van der Waals surface area contributed by atoms with E-state index in [1.54, 1.807) is 0 Å². The van der Waals surface area contributed by atoms with E-state index < -0.39 is 23.0 Å². The number of rotatable bonds is 5. The normalized spacial score (nSPS) is 10.7. The molecule has 2 aromatic rings. The Kier molecular flexibility index (Phi) is 3.88. The average molecular weight is 291 g/mol. The molecule has 4 N–H and O–H groups in total. The van der Waals surface area contributed by atoms with Gasteiger partial charge in [0.15, 0.2) is 0 Å². The van der Waals surface area contributed by atoms with Gasteiger partial charge in [-0.3, -0.25) is 14.4 Å². The van der Waals surface area contributed by atoms with E-state index in [-0.39, 0.29) is 36.0 Å². The van der Waals surface area contributed by atoms with Gasteiger partial charge in [-0.15, -0.1) is 0 Å². The summed E-state index contributed by atoms with van der Waals surface area (Å²) in [7, 11) is 0. The zero-order chi connectivity index (χ0) is 15.6. The van der Waals surface area contributed by atoms with Gasteiger partial charge in [0.1, 0.15) is 0 Å². The second kappa shape index (κ2) is 5.61. The molecule has 0 saturated carbocycles. The smallest absolute Gasteiger partial charge is 0.337 e. The number of aryl methyl sites for hydroxylation is 1. The SMILES string of the molecule is NC(=O)CCCn1c(=O)c(=O)[nH]c2cccc(C(=O)O)c21. The number of aromatic amines is 1. The van der Waals surface area contributed by atoms with Crippen molar-refractivity contribution in [1.82, 2.24) is 9.55 Å². The van der Waals surface area contributed by atoms with Crippen molar-refractivity contribution in [3.63, 3.8) is 0 Å². The predicted molar refractivity (Wildman–Crippen MR) is 74.2 cm³/mol. The van der Waals surface area contributed by atoms with Crippen LogP contribution in [0.25, 0.3) is 11.0 Å². The van der Waals surface area contributed by atoms with Gasteiger partial charge in [0.25, 0.3) is 0 Å². The largest absolute Gasteiger partial charge is 0.478 e. The van der Waals surface area contributed by atoms with Gasteiger partial charge in [-0.1, -0.05) is 6.07 Å². The number of hydrogen-bond acceptors (Lipinski definition) is 4. The maximum absolute atomic E-state index is 11.9. The Balaban J connectivity index is 2.67. The summed E-state index contributed by atoms with van der Waals surface area (Å²) >= 11 is 0. The second-order valence-corrected chi connectivity index (χ2v) is 4.49. The van der Waals surface area contributed by atoms with Crippen molar-refractivity contribution in [1.29, 1.82) is 0 Å². The number of fused-ring (bicyclic) bond motifs is 1. The minimum absolute atomic E-state index is 0.0342. The van der Waals surface area contributed by atoms with Gasteiger partial charge in [-0.2, -0.15) is 0 Å². The molecule has 0 spiro atoms. The number of nitrogens with two attached hydrogens (primary N) is 1. The number of hydrogen-bond donors (Lipinski definition) is 3. The van der Waals surface area contributed by atoms with E-state index >= 15 is 0 Å². The molecular weight excluding hydrogens is 278 g/mol. The van der Waals surface area contributed by atoms with Crippen LogP contribution >= 0.6 is 0 Å². The molecule has 0 bridgehead atoms. The molecule has 110 valence electrons. The van der Waals surface area contributed by atoms with Crippen LogP contribution in [-0.4, -0.2) is 26.5 Å². The van der Waals surface area contributed by atoms with Gasteiger partial charge in [0.05, 0.1) is 16.6 Å². The summed E-state index contributed by atoms with van der Waals surface area (Å²) in [5, 5.41) is 9.20. The minimum Gasteiger partial charge on any atom is -0.478 e. The molecule has 8 nitrogen and oxygen atoms in total. The quantitative estimate of drug-likeness (QED) is 0.647. The lowest BCUT2D eigenvalue weighted by atomic mass is 10.1. The van der Waals surface area contributed by atoms with Crippen molar-refractivity contribution in [3.8, 4) is 0 Å². The number of benzene rings is 1. The van der Waals surface area contributed by atoms with Crippen LogP contribution in [0.15, 0.2) is 27.8 Å². The molecule has 0 aliphatic heterocycles. The van der Waals surface area contributed by atoms with E-state index in [0.717, 1.165) is 4.57 Å². The van der Waals surface area contributed by atoms with Gasteiger partial charge in [-0.05, 0) is 18.6 Å². The van der Waals surface area contributed by atoms with Crippen molar-refractivity contribution in [2.75, 3.05) is 0 Å². The number of carboxylic acids is 1. The molecule has 0 radical (unpaired) electrons. The number of H-pyrrole nitrogens is 1. The lowest BCUT2D eigenvalue weighted by molar-refractivity contribution is -0.118. The van der Waals surface area contributed by atoms with Crippen molar-refractivity contribution in [3.05, 3.63) is 44.5 Å². The van der Waals surface area contributed by atoms with E-state index in [1.807, 2.05) is 0 Å². The van der Waals surface area contributed by atoms with Crippen molar-refractivity contribution in [2.24, 2.45) is 5.73 Å². The van der Waals surface area contributed by atoms with Crippen LogP contribution in [-0.2, 0) is 11.3 Å². The van der Waals surface area contributed by atoms with Crippen LogP contribution in [0.5, 0.6) is 0 Å². The van der Waals surface area contributed by atoms with Crippen molar-refractivity contribution >= 4 is 22.9 Å². The summed E-state index contributed by atoms with van der Waals surface area (Å²) in [6.07, 6.45) is 0.276. The third-order valence-corrected chi connectivity index (χ3v) is 3.03. The number of amides is 1. The third-order valence-electron chi connectivity index (χ3n) is 3.03. The molecule has 0 aliphatic carbocycles. The number of carbonyl (C=O) groups is 2. The first-order valence-corrected chi connectivity index (χ1v) is 6.19. The number of carbonyl (C=O) groups excluding carboxylic acids is 1. The summed E-state index contributed by atoms with van der Waals surface area (Å²) in [6, 6.07) is 4.32. The number of primary amides is 1. The summed E-state index contributed by atoms with van der Waals surface area (Å²) < 4.78 is 1.07. The zero-order valence-electron chi connectivity index (χ0n) is 11.0. The second-order valence-electron chi connectivity index (χ2n) is 4.49. The highest BCUT2D eigenvalue weighted by atomic mass is 16.4. The highest BCUT2D eigenvalue weighted by Gasteiger charge is 2.15. The zero-order valence-corrected chi connectivity index (χ0v) is 11.0. The van der Waals surface area contributed by atoms with Crippen LogP contribution in [0.3, 0.4) is 0 Å². The van der Waals surface area contributed by atoms with Gasteiger partial charge in [0.2, 0.25) is 5.91 Å². The number of nitrogens with zero attached hydrogens (tertiary/aromatic N) is 1. The van der Waals surface area contributed by atoms with Crippen LogP contribution in [0, 0.1) is 0 Å². The lowest BCUT2D eigenvalue weighted by Crippen LogP contribution is -2.37. The predicted octanol–water partition coefficient (Wildman–Crippen LogP) is -0.347. The molecule has 2 rings (SSSR count). The number of para-hydroxylation sites is 1. The van der Waals surface area contributed by atoms with Gasteiger partial charge < -0.3 is 20.4 Å². The Bertz CT molecular complexity index is 834. The summed E-state index contributed by atoms with van der Waals surface area (Å²) in [5.74, 6) is -1.74. The standard InChI is InChI=1S/C13H13N3O5/c14-9(17)5-2-6-16-10-7(13(20)21)3-1-4-8(10)15-11(18)12(16)19/h1,3-4H,2,5-6H2,(H2,14,17)(H,15,18)(H,20,21). The Hall–Kier alpha value is -2.90. The van der Waals surface area contributed by atoms with Gasteiger partial charge in [-0.25, -0.2) is 4.79 Å². The fourth-order valence-corrected chi connectivity index (χ4v) is 2.13. The fourth-order valence-electron chi connectivity index (χ4n) is 2.13. The summed E-state index contributed by atoms with van der Waals surface area (Å²) in [6.45, 7) is 0.0342. The first-order chi connectivity index (χ1) is 9.91. The monoisotopic (exact) mass is 291 g/mol. The number of aromatic nitrogens is 2. The molecule has 0 fully saturated rings. The summed E-state index contributed by atoms with van der Waals surface area (Å²) in [5.41, 5.74) is 3.60. The summed E-state index contributed by atoms with van der Waals surface area (Å²) in [4.78, 5) is 47.9. The van der Waals surface area contributed by atoms with Crippen molar-refractivity contribution in [2.45, 2.75) is 19.4 Å². The molecule has 1 aromatic carbocycles. The third kappa shape index (κ3) is 2.83. The Morgan fingerprint density at radius 3 is 2.62 bits per heavy atom. The van der Waals surface area contributed by atoms with E-state index in [1.165, 1.54) is 18.2 Å². The number of carboxylic acid groups (broad SMARTS) is 1. The molecule has 1 amide bonds. The molecule has 0 saturated heterocycles. The molecular formula is C13H13N3O5. The number of nitrogens with one attached hydrogen (secondary N) is 1. The van der Waals surface area contributed by atoms with E-state index in [0.29, 0.717) is 0 Å². The van der Waals surface area contributed by atoms with Crippen LogP contribution in [0.2, 0.25) is 0 Å². The Labute approximate surface area is 117 Å². The molecule has 1 heterocycles. The maximum Gasteiger partial charge on any atom is 0.337 e. The molecule has 0 unspecified atom stereocenters. The van der Waals surface area contributed by atoms with Gasteiger partial charge >= 0.3 is 17.1 Å². The van der Waals surface area contributed by atoms with Gasteiger partial charge in [0, 0.05) is 13.0 Å². The van der Waals surface area contributed by atoms with Crippen molar-refractivity contribution < 1.29 is 14.7 Å². The van der Waals surface area contributed by atoms with Crippen LogP contribution in [0.4, 0.5) is 0 Å². The molecule has 0 atom stereocenters. The first kappa shape index (κ1) is 14.5. The minimum atomic E-state index is -1.21. The molecule has 21 heavy (non-hydrogen) atoms. The van der Waals surface area contributed by atoms with Crippen LogP contribution < -0.4 is 16.9 Å². The lowest BCUT2D eigenvalue weighted by Gasteiger charge is -2.11. The van der Waals surface area contributed by atoms with Crippen LogP contribution in [0.1, 0.15) is 23.2 Å². The fraction of sp³-hybridized carbons (Fsp3) is 0.231. The topological polar surface area (TPSA) is 135 Å². The first-order valence-electron chi connectivity index (χ1n) is 6.19. The maximum atomic E-state index is 11.9. The molecule has 8 heteroatoms. The Morgan fingerprint density at radius 2 is 2.00 bits per heavy atom. The Morgan fingerprint density at radius 1 is 1.29 bits per heavy atom. The molecule has 0 aliphatic rings. The number of aromatic carboxylic acids is 1. The average Bonchev–Trinajstić information content (AvgIpc) is 2.41. The highest BCUT2D eigenvalue weighted by molar-refractivity contribution is 6.00. The van der Waals surface area contributed by atoms with E-state index in [9.17, 15) is 24.3 Å². The highest BCUT2D eigenvalue weighted by Crippen LogP contribution is 2.15.